The molecule has 0 unspecified atom stereocenters. The van der Waals surface area contributed by atoms with Crippen molar-refractivity contribution in [2.24, 2.45) is 0 Å². The van der Waals surface area contributed by atoms with Crippen molar-refractivity contribution in [1.29, 1.82) is 5.26 Å². The van der Waals surface area contributed by atoms with Crippen molar-refractivity contribution in [3.05, 3.63) is 80.6 Å². The Labute approximate surface area is 148 Å². The maximum absolute atomic E-state index is 14.3. The van der Waals surface area contributed by atoms with Crippen LogP contribution in [0, 0.1) is 24.1 Å². The molecule has 1 aromatic carbocycles. The van der Waals surface area contributed by atoms with Gasteiger partial charge in [-0.2, -0.15) is 5.26 Å². The number of halogens is 1. The average molecular weight is 350 g/mol. The number of fused-ring (bicyclic) bond motifs is 1. The molecule has 1 N–H and O–H groups in total. The second-order valence-corrected chi connectivity index (χ2v) is 5.79. The minimum absolute atomic E-state index is 0.0578. The van der Waals surface area contributed by atoms with E-state index < -0.39 is 17.3 Å². The molecule has 0 saturated carbocycles. The normalized spacial score (nSPS) is 10.5. The zero-order chi connectivity index (χ0) is 18.8. The molecule has 0 atom stereocenters. The molecular formula is C19H15FN4O2. The number of hydrogen-bond donors (Lipinski definition) is 1. The number of rotatable bonds is 3. The Hall–Kier alpha value is -3.53. The number of benzene rings is 1. The third-order valence-corrected chi connectivity index (χ3v) is 4.09. The summed E-state index contributed by atoms with van der Waals surface area (Å²) in [6, 6.07) is 10.9. The monoisotopic (exact) mass is 350 g/mol. The van der Waals surface area contributed by atoms with E-state index in [0.29, 0.717) is 16.9 Å². The van der Waals surface area contributed by atoms with Crippen LogP contribution in [0.2, 0.25) is 0 Å². The number of carbonyl (C=O) groups is 1. The highest BCUT2D eigenvalue weighted by Gasteiger charge is 2.16. The summed E-state index contributed by atoms with van der Waals surface area (Å²) in [7, 11) is 1.48. The molecular weight excluding hydrogens is 335 g/mol. The Bertz CT molecular complexity index is 1130. The molecule has 0 aliphatic rings. The molecule has 0 spiro atoms. The first-order chi connectivity index (χ1) is 12.5. The Balaban J connectivity index is 2.14. The molecule has 26 heavy (non-hydrogen) atoms. The Morgan fingerprint density at radius 3 is 2.81 bits per heavy atom. The fraction of sp³-hybridized carbons (Fsp3) is 0.158. The van der Waals surface area contributed by atoms with Crippen LogP contribution in [0.5, 0.6) is 0 Å². The van der Waals surface area contributed by atoms with Gasteiger partial charge in [0.2, 0.25) is 0 Å². The van der Waals surface area contributed by atoms with Crippen molar-refractivity contribution in [2.45, 2.75) is 13.3 Å². The zero-order valence-electron chi connectivity index (χ0n) is 14.2. The fourth-order valence-corrected chi connectivity index (χ4v) is 2.83. The summed E-state index contributed by atoms with van der Waals surface area (Å²) in [5.41, 5.74) is 1.30. The molecule has 0 fully saturated rings. The number of nitrogens with one attached hydrogen (secondary N) is 1. The van der Waals surface area contributed by atoms with Crippen molar-refractivity contribution >= 4 is 11.6 Å². The fourth-order valence-electron chi connectivity index (χ4n) is 2.83. The van der Waals surface area contributed by atoms with E-state index in [4.69, 9.17) is 5.26 Å². The average Bonchev–Trinajstić information content (AvgIpc) is 2.63. The Morgan fingerprint density at radius 1 is 1.35 bits per heavy atom. The van der Waals surface area contributed by atoms with E-state index in [0.717, 1.165) is 0 Å². The lowest BCUT2D eigenvalue weighted by atomic mass is 10.1. The lowest BCUT2D eigenvalue weighted by Crippen LogP contribution is -2.28. The summed E-state index contributed by atoms with van der Waals surface area (Å²) >= 11 is 0. The van der Waals surface area contributed by atoms with Crippen LogP contribution in [0.1, 0.15) is 32.9 Å². The highest BCUT2D eigenvalue weighted by Crippen LogP contribution is 2.16. The predicted octanol–water partition coefficient (Wildman–Crippen LogP) is 1.96. The van der Waals surface area contributed by atoms with Gasteiger partial charge in [0.1, 0.15) is 23.2 Å². The third-order valence-electron chi connectivity index (χ3n) is 4.09. The van der Waals surface area contributed by atoms with Crippen LogP contribution in [0.4, 0.5) is 4.39 Å². The molecule has 0 radical (unpaired) electrons. The maximum atomic E-state index is 14.3. The van der Waals surface area contributed by atoms with Gasteiger partial charge in [-0.1, -0.05) is 18.2 Å². The summed E-state index contributed by atoms with van der Waals surface area (Å²) < 4.78 is 15.5. The first-order valence-electron chi connectivity index (χ1n) is 7.88. The summed E-state index contributed by atoms with van der Waals surface area (Å²) in [6.45, 7) is 1.73. The van der Waals surface area contributed by atoms with E-state index >= 15 is 0 Å². The van der Waals surface area contributed by atoms with Gasteiger partial charge in [0, 0.05) is 19.5 Å². The second-order valence-electron chi connectivity index (χ2n) is 5.79. The van der Waals surface area contributed by atoms with Crippen LogP contribution < -0.4 is 10.9 Å². The molecule has 6 nitrogen and oxygen atoms in total. The van der Waals surface area contributed by atoms with Crippen molar-refractivity contribution < 1.29 is 9.18 Å². The van der Waals surface area contributed by atoms with Crippen LogP contribution in [0.25, 0.3) is 5.65 Å². The molecule has 3 aromatic rings. The largest absolute Gasteiger partial charge is 0.354 e. The number of nitriles is 1. The van der Waals surface area contributed by atoms with E-state index in [9.17, 15) is 14.0 Å². The van der Waals surface area contributed by atoms with Crippen molar-refractivity contribution in [3.63, 3.8) is 0 Å². The van der Waals surface area contributed by atoms with Gasteiger partial charge >= 0.3 is 0 Å². The van der Waals surface area contributed by atoms with E-state index in [1.807, 2.05) is 0 Å². The number of pyridine rings is 1. The highest BCUT2D eigenvalue weighted by molar-refractivity contribution is 5.94. The highest BCUT2D eigenvalue weighted by atomic mass is 19.1. The molecule has 2 heterocycles. The molecule has 3 rings (SSSR count). The van der Waals surface area contributed by atoms with Crippen LogP contribution in [-0.2, 0) is 6.42 Å². The molecule has 0 saturated heterocycles. The smallest absolute Gasteiger partial charge is 0.268 e. The molecule has 0 bridgehead atoms. The van der Waals surface area contributed by atoms with Gasteiger partial charge in [-0.25, -0.2) is 9.37 Å². The summed E-state index contributed by atoms with van der Waals surface area (Å²) in [5.74, 6) is -1.01. The molecule has 0 aliphatic carbocycles. The Kier molecular flexibility index (Phi) is 4.50. The number of amides is 1. The van der Waals surface area contributed by atoms with Gasteiger partial charge in [-0.3, -0.25) is 14.0 Å². The number of hydrogen-bond acceptors (Lipinski definition) is 4. The SMILES string of the molecule is CNC(=O)c1c(C)ccc2nc(Cc3cccc(C#N)c3F)cc(=O)n12. The minimum atomic E-state index is -0.619. The lowest BCUT2D eigenvalue weighted by Gasteiger charge is -2.11. The molecule has 1 amide bonds. The maximum Gasteiger partial charge on any atom is 0.268 e. The topological polar surface area (TPSA) is 87.3 Å². The standard InChI is InChI=1S/C19H15FN4O2/c1-11-6-7-15-23-14(8-12-4-3-5-13(10-21)17(12)20)9-16(25)24(15)18(11)19(26)22-2/h3-7,9H,8H2,1-2H3,(H,22,26). The van der Waals surface area contributed by atoms with Crippen LogP contribution >= 0.6 is 0 Å². The third kappa shape index (κ3) is 2.93. The van der Waals surface area contributed by atoms with Crippen LogP contribution in [0.15, 0.2) is 41.2 Å². The van der Waals surface area contributed by atoms with Gasteiger partial charge in [-0.15, -0.1) is 0 Å². The molecule has 0 aliphatic heterocycles. The van der Waals surface area contributed by atoms with Crippen LogP contribution in [-0.4, -0.2) is 22.3 Å². The summed E-state index contributed by atoms with van der Waals surface area (Å²) in [5, 5.41) is 11.4. The predicted molar refractivity (Wildman–Crippen MR) is 93.5 cm³/mol. The number of aryl methyl sites for hydroxylation is 1. The summed E-state index contributed by atoms with van der Waals surface area (Å²) in [4.78, 5) is 29.1. The van der Waals surface area contributed by atoms with Crippen molar-refractivity contribution in [2.75, 3.05) is 7.05 Å². The van der Waals surface area contributed by atoms with Crippen molar-refractivity contribution in [1.82, 2.24) is 14.7 Å². The van der Waals surface area contributed by atoms with Crippen molar-refractivity contribution in [3.8, 4) is 6.07 Å². The van der Waals surface area contributed by atoms with Gasteiger partial charge in [0.25, 0.3) is 11.5 Å². The minimum Gasteiger partial charge on any atom is -0.354 e. The number of aromatic nitrogens is 2. The number of nitrogens with zero attached hydrogens (tertiary/aromatic N) is 3. The van der Waals surface area contributed by atoms with Gasteiger partial charge < -0.3 is 5.32 Å². The van der Waals surface area contributed by atoms with Gasteiger partial charge in [-0.05, 0) is 30.2 Å². The first-order valence-corrected chi connectivity index (χ1v) is 7.88. The Morgan fingerprint density at radius 2 is 2.12 bits per heavy atom. The molecule has 130 valence electrons. The number of carbonyl (C=O) groups excluding carboxylic acids is 1. The van der Waals surface area contributed by atoms with E-state index in [1.165, 1.54) is 23.6 Å². The zero-order valence-corrected chi connectivity index (χ0v) is 14.2. The molecule has 7 heteroatoms. The quantitative estimate of drug-likeness (QED) is 0.782. The van der Waals surface area contributed by atoms with E-state index in [2.05, 4.69) is 10.3 Å². The van der Waals surface area contributed by atoms with E-state index in [-0.39, 0.29) is 23.2 Å². The molecule has 2 aromatic heterocycles. The first kappa shape index (κ1) is 17.3. The second kappa shape index (κ2) is 6.76. The van der Waals surface area contributed by atoms with Crippen LogP contribution in [0.3, 0.4) is 0 Å². The summed E-state index contributed by atoms with van der Waals surface area (Å²) in [6.07, 6.45) is 0.0658. The van der Waals surface area contributed by atoms with E-state index in [1.54, 1.807) is 37.3 Å². The van der Waals surface area contributed by atoms with Gasteiger partial charge in [0.15, 0.2) is 0 Å². The van der Waals surface area contributed by atoms with Gasteiger partial charge in [0.05, 0.1) is 11.3 Å². The lowest BCUT2D eigenvalue weighted by molar-refractivity contribution is 0.0955.